The van der Waals surface area contributed by atoms with Crippen LogP contribution in [-0.2, 0) is 0 Å². The van der Waals surface area contributed by atoms with Crippen LogP contribution in [0.3, 0.4) is 0 Å². The Morgan fingerprint density at radius 3 is 2.71 bits per heavy atom. The highest BCUT2D eigenvalue weighted by Crippen LogP contribution is 2.20. The van der Waals surface area contributed by atoms with Gasteiger partial charge in [-0.1, -0.05) is 53.6 Å². The molecule has 0 aliphatic carbocycles. The Morgan fingerprint density at radius 2 is 2.12 bits per heavy atom. The molecule has 0 spiro atoms. The predicted octanol–water partition coefficient (Wildman–Crippen LogP) is 4.41. The van der Waals surface area contributed by atoms with Gasteiger partial charge in [-0.25, -0.2) is 0 Å². The first kappa shape index (κ1) is 14.5. The summed E-state index contributed by atoms with van der Waals surface area (Å²) in [5.74, 6) is 0.703. The first-order chi connectivity index (χ1) is 7.99. The van der Waals surface area contributed by atoms with Crippen LogP contribution < -0.4 is 5.32 Å². The third-order valence-corrected chi connectivity index (χ3v) is 3.20. The Balaban J connectivity index is 2.61. The molecule has 0 saturated carbocycles. The van der Waals surface area contributed by atoms with E-state index >= 15 is 0 Å². The number of hydrogen-bond acceptors (Lipinski definition) is 1. The molecule has 0 bridgehead atoms. The van der Waals surface area contributed by atoms with Crippen molar-refractivity contribution in [3.05, 3.63) is 39.4 Å². The van der Waals surface area contributed by atoms with E-state index in [0.29, 0.717) is 5.92 Å². The van der Waals surface area contributed by atoms with Gasteiger partial charge in [0, 0.05) is 11.0 Å². The van der Waals surface area contributed by atoms with Crippen LogP contribution in [0.15, 0.2) is 28.2 Å². The first-order valence-corrected chi connectivity index (χ1v) is 6.92. The number of rotatable bonds is 5. The molecule has 1 rings (SSSR count). The molecule has 0 unspecified atom stereocenters. The van der Waals surface area contributed by atoms with Crippen LogP contribution in [0.4, 0.5) is 0 Å². The normalized spacial score (nSPS) is 12.2. The first-order valence-electron chi connectivity index (χ1n) is 6.13. The molecule has 0 amide bonds. The van der Waals surface area contributed by atoms with E-state index in [1.807, 2.05) is 0 Å². The minimum atomic E-state index is 0.703. The number of halogens is 1. The van der Waals surface area contributed by atoms with E-state index in [1.165, 1.54) is 21.2 Å². The Morgan fingerprint density at radius 1 is 1.41 bits per heavy atom. The molecule has 0 heterocycles. The van der Waals surface area contributed by atoms with Gasteiger partial charge in [-0.2, -0.15) is 0 Å². The average molecular weight is 296 g/mol. The largest absolute Gasteiger partial charge is 0.313 e. The van der Waals surface area contributed by atoms with Crippen LogP contribution >= 0.6 is 15.9 Å². The van der Waals surface area contributed by atoms with E-state index in [4.69, 9.17) is 0 Å². The van der Waals surface area contributed by atoms with Gasteiger partial charge in [-0.3, -0.25) is 0 Å². The SMILES string of the molecule is C/C(=C\c1ccc(C)cc1Br)CNCC(C)C. The summed E-state index contributed by atoms with van der Waals surface area (Å²) < 4.78 is 1.17. The van der Waals surface area contributed by atoms with Gasteiger partial charge >= 0.3 is 0 Å². The number of nitrogens with one attached hydrogen (secondary N) is 1. The molecule has 1 N–H and O–H groups in total. The van der Waals surface area contributed by atoms with Crippen molar-refractivity contribution >= 4 is 22.0 Å². The summed E-state index contributed by atoms with van der Waals surface area (Å²) in [6.45, 7) is 10.7. The molecule has 0 radical (unpaired) electrons. The maximum atomic E-state index is 3.60. The van der Waals surface area contributed by atoms with Gasteiger partial charge in [-0.15, -0.1) is 0 Å². The zero-order valence-corrected chi connectivity index (χ0v) is 12.8. The Hall–Kier alpha value is -0.600. The van der Waals surface area contributed by atoms with Gasteiger partial charge in [0.15, 0.2) is 0 Å². The molecule has 0 aliphatic rings. The third kappa shape index (κ3) is 5.51. The lowest BCUT2D eigenvalue weighted by Gasteiger charge is -2.08. The molecule has 1 aromatic carbocycles. The molecular formula is C15H22BrN. The maximum Gasteiger partial charge on any atom is 0.0250 e. The highest BCUT2D eigenvalue weighted by molar-refractivity contribution is 9.10. The van der Waals surface area contributed by atoms with Crippen molar-refractivity contribution < 1.29 is 0 Å². The average Bonchev–Trinajstić information content (AvgIpc) is 2.21. The number of benzene rings is 1. The van der Waals surface area contributed by atoms with Gasteiger partial charge in [0.2, 0.25) is 0 Å². The van der Waals surface area contributed by atoms with Crippen molar-refractivity contribution in [3.63, 3.8) is 0 Å². The van der Waals surface area contributed by atoms with E-state index in [1.54, 1.807) is 0 Å². The van der Waals surface area contributed by atoms with E-state index < -0.39 is 0 Å². The second-order valence-corrected chi connectivity index (χ2v) is 5.89. The van der Waals surface area contributed by atoms with Crippen molar-refractivity contribution in [2.45, 2.75) is 27.7 Å². The minimum Gasteiger partial charge on any atom is -0.313 e. The molecule has 0 aliphatic heterocycles. The van der Waals surface area contributed by atoms with Gasteiger partial charge in [0.1, 0.15) is 0 Å². The van der Waals surface area contributed by atoms with Gasteiger partial charge in [0.25, 0.3) is 0 Å². The molecule has 1 aromatic rings. The van der Waals surface area contributed by atoms with Crippen molar-refractivity contribution in [2.24, 2.45) is 5.92 Å². The summed E-state index contributed by atoms with van der Waals surface area (Å²) in [7, 11) is 0. The molecule has 94 valence electrons. The monoisotopic (exact) mass is 295 g/mol. The highest BCUT2D eigenvalue weighted by Gasteiger charge is 1.98. The van der Waals surface area contributed by atoms with Crippen molar-refractivity contribution in [2.75, 3.05) is 13.1 Å². The molecule has 1 nitrogen and oxygen atoms in total. The summed E-state index contributed by atoms with van der Waals surface area (Å²) in [6.07, 6.45) is 2.23. The molecule has 0 saturated heterocycles. The maximum absolute atomic E-state index is 3.60. The standard InChI is InChI=1S/C15H22BrN/c1-11(2)9-17-10-13(4)7-14-6-5-12(3)8-15(14)16/h5-8,11,17H,9-10H2,1-4H3/b13-7+. The summed E-state index contributed by atoms with van der Waals surface area (Å²) in [5.41, 5.74) is 3.89. The Labute approximate surface area is 113 Å². The zero-order chi connectivity index (χ0) is 12.8. The summed E-state index contributed by atoms with van der Waals surface area (Å²) in [4.78, 5) is 0. The quantitative estimate of drug-likeness (QED) is 0.849. The van der Waals surface area contributed by atoms with Crippen LogP contribution in [0.25, 0.3) is 6.08 Å². The highest BCUT2D eigenvalue weighted by atomic mass is 79.9. The molecule has 2 heteroatoms. The number of aryl methyl sites for hydroxylation is 1. The van der Waals surface area contributed by atoms with Gasteiger partial charge in [0.05, 0.1) is 0 Å². The summed E-state index contributed by atoms with van der Waals surface area (Å²) in [6, 6.07) is 6.46. The fourth-order valence-corrected chi connectivity index (χ4v) is 2.23. The van der Waals surface area contributed by atoms with E-state index in [-0.39, 0.29) is 0 Å². The van der Waals surface area contributed by atoms with Crippen LogP contribution in [0, 0.1) is 12.8 Å². The zero-order valence-electron chi connectivity index (χ0n) is 11.2. The van der Waals surface area contributed by atoms with Crippen molar-refractivity contribution in [3.8, 4) is 0 Å². The van der Waals surface area contributed by atoms with E-state index in [9.17, 15) is 0 Å². The lowest BCUT2D eigenvalue weighted by atomic mass is 10.1. The summed E-state index contributed by atoms with van der Waals surface area (Å²) in [5, 5.41) is 3.45. The molecule has 0 atom stereocenters. The molecule has 0 aromatic heterocycles. The van der Waals surface area contributed by atoms with Crippen LogP contribution in [0.2, 0.25) is 0 Å². The second-order valence-electron chi connectivity index (χ2n) is 5.04. The fourth-order valence-electron chi connectivity index (χ4n) is 1.62. The molecular weight excluding hydrogens is 274 g/mol. The van der Waals surface area contributed by atoms with Crippen molar-refractivity contribution in [1.29, 1.82) is 0 Å². The summed E-state index contributed by atoms with van der Waals surface area (Å²) >= 11 is 3.60. The predicted molar refractivity (Wildman–Crippen MR) is 80.2 cm³/mol. The lowest BCUT2D eigenvalue weighted by molar-refractivity contribution is 0.572. The fraction of sp³-hybridized carbons (Fsp3) is 0.467. The Kier molecular flexibility index (Phi) is 5.93. The lowest BCUT2D eigenvalue weighted by Crippen LogP contribution is -2.21. The van der Waals surface area contributed by atoms with Crippen LogP contribution in [0.5, 0.6) is 0 Å². The van der Waals surface area contributed by atoms with Crippen LogP contribution in [0.1, 0.15) is 31.9 Å². The van der Waals surface area contributed by atoms with Gasteiger partial charge in [-0.05, 0) is 43.5 Å². The smallest absolute Gasteiger partial charge is 0.0250 e. The Bertz CT molecular complexity index is 394. The van der Waals surface area contributed by atoms with Crippen molar-refractivity contribution in [1.82, 2.24) is 5.32 Å². The van der Waals surface area contributed by atoms with E-state index in [2.05, 4.69) is 73.2 Å². The van der Waals surface area contributed by atoms with Gasteiger partial charge < -0.3 is 5.32 Å². The molecule has 0 fully saturated rings. The third-order valence-electron chi connectivity index (χ3n) is 2.51. The minimum absolute atomic E-state index is 0.703. The second kappa shape index (κ2) is 6.97. The topological polar surface area (TPSA) is 12.0 Å². The molecule has 17 heavy (non-hydrogen) atoms. The van der Waals surface area contributed by atoms with Crippen LogP contribution in [-0.4, -0.2) is 13.1 Å². The number of hydrogen-bond donors (Lipinski definition) is 1. The van der Waals surface area contributed by atoms with E-state index in [0.717, 1.165) is 13.1 Å².